The van der Waals surface area contributed by atoms with E-state index in [1.54, 1.807) is 6.20 Å². The molecule has 1 N–H and O–H groups in total. The van der Waals surface area contributed by atoms with Crippen LogP contribution in [0.15, 0.2) is 29.2 Å². The molecule has 24 heavy (non-hydrogen) atoms. The lowest BCUT2D eigenvalue weighted by molar-refractivity contribution is 0.0215. The summed E-state index contributed by atoms with van der Waals surface area (Å²) in [6.07, 6.45) is 6.27. The third kappa shape index (κ3) is 4.00. The average molecular weight is 328 g/mol. The van der Waals surface area contributed by atoms with Gasteiger partial charge in [0.1, 0.15) is 11.6 Å². The molecule has 2 aromatic rings. The highest BCUT2D eigenvalue weighted by atomic mass is 16.5. The minimum absolute atomic E-state index is 0.132. The second-order valence-corrected chi connectivity index (χ2v) is 6.21. The Labute approximate surface area is 141 Å². The minimum atomic E-state index is -0.132. The highest BCUT2D eigenvalue weighted by Crippen LogP contribution is 2.19. The van der Waals surface area contributed by atoms with Gasteiger partial charge in [0.05, 0.1) is 6.10 Å². The highest BCUT2D eigenvalue weighted by molar-refractivity contribution is 5.56. The van der Waals surface area contributed by atoms with Crippen LogP contribution in [0.4, 0.5) is 5.82 Å². The van der Waals surface area contributed by atoms with E-state index in [9.17, 15) is 4.79 Å². The van der Waals surface area contributed by atoms with Crippen LogP contribution in [-0.4, -0.2) is 41.3 Å². The lowest BCUT2D eigenvalue weighted by Crippen LogP contribution is -2.33. The Hall–Kier alpha value is -2.21. The SMILES string of the molecule is CCc1cc(=O)[nH]c(-c2ccc(N(C)CC3CCCCO3)nc2)n1. The van der Waals surface area contributed by atoms with Gasteiger partial charge in [0.2, 0.25) is 0 Å². The van der Waals surface area contributed by atoms with E-state index in [1.807, 2.05) is 26.1 Å². The number of nitrogens with one attached hydrogen (secondary N) is 1. The second-order valence-electron chi connectivity index (χ2n) is 6.21. The van der Waals surface area contributed by atoms with Gasteiger partial charge in [-0.25, -0.2) is 9.97 Å². The molecule has 0 amide bonds. The Morgan fingerprint density at radius 3 is 2.92 bits per heavy atom. The van der Waals surface area contributed by atoms with Gasteiger partial charge >= 0.3 is 0 Å². The molecule has 1 aliphatic heterocycles. The summed E-state index contributed by atoms with van der Waals surface area (Å²) in [5.74, 6) is 1.46. The molecule has 0 radical (unpaired) electrons. The molecule has 1 atom stereocenters. The molecule has 0 spiro atoms. The zero-order valence-electron chi connectivity index (χ0n) is 14.3. The van der Waals surface area contributed by atoms with E-state index in [-0.39, 0.29) is 11.7 Å². The number of hydrogen-bond donors (Lipinski definition) is 1. The highest BCUT2D eigenvalue weighted by Gasteiger charge is 2.16. The summed E-state index contributed by atoms with van der Waals surface area (Å²) in [6, 6.07) is 5.43. The van der Waals surface area contributed by atoms with E-state index >= 15 is 0 Å². The van der Waals surface area contributed by atoms with Crippen molar-refractivity contribution in [3.05, 3.63) is 40.4 Å². The normalized spacial score (nSPS) is 17.7. The van der Waals surface area contributed by atoms with Crippen LogP contribution in [0.25, 0.3) is 11.4 Å². The van der Waals surface area contributed by atoms with Crippen molar-refractivity contribution < 1.29 is 4.74 Å². The molecule has 0 bridgehead atoms. The smallest absolute Gasteiger partial charge is 0.251 e. The molecule has 6 heteroatoms. The molecular formula is C18H24N4O2. The maximum atomic E-state index is 11.7. The Bertz CT molecular complexity index is 721. The van der Waals surface area contributed by atoms with Gasteiger partial charge in [0, 0.05) is 43.7 Å². The number of rotatable bonds is 5. The van der Waals surface area contributed by atoms with Gasteiger partial charge in [0.25, 0.3) is 5.56 Å². The summed E-state index contributed by atoms with van der Waals surface area (Å²) in [4.78, 5) is 25.6. The van der Waals surface area contributed by atoms with Gasteiger partial charge < -0.3 is 14.6 Å². The molecule has 1 saturated heterocycles. The lowest BCUT2D eigenvalue weighted by atomic mass is 10.1. The fraction of sp³-hybridized carbons (Fsp3) is 0.500. The third-order valence-electron chi connectivity index (χ3n) is 4.32. The van der Waals surface area contributed by atoms with Crippen LogP contribution in [0.5, 0.6) is 0 Å². The van der Waals surface area contributed by atoms with Crippen LogP contribution in [-0.2, 0) is 11.2 Å². The van der Waals surface area contributed by atoms with Crippen LogP contribution in [0.3, 0.4) is 0 Å². The molecule has 1 aliphatic rings. The Morgan fingerprint density at radius 2 is 2.25 bits per heavy atom. The zero-order valence-corrected chi connectivity index (χ0v) is 14.3. The molecule has 3 heterocycles. The summed E-state index contributed by atoms with van der Waals surface area (Å²) in [7, 11) is 2.03. The number of hydrogen-bond acceptors (Lipinski definition) is 5. The molecule has 0 aromatic carbocycles. The quantitative estimate of drug-likeness (QED) is 0.912. The van der Waals surface area contributed by atoms with Gasteiger partial charge in [-0.1, -0.05) is 6.92 Å². The number of H-pyrrole nitrogens is 1. The van der Waals surface area contributed by atoms with Crippen LogP contribution in [0.1, 0.15) is 31.9 Å². The number of aromatic amines is 1. The summed E-state index contributed by atoms with van der Waals surface area (Å²) < 4.78 is 5.78. The molecule has 1 fully saturated rings. The summed E-state index contributed by atoms with van der Waals surface area (Å²) >= 11 is 0. The van der Waals surface area contributed by atoms with Crippen LogP contribution >= 0.6 is 0 Å². The first-order valence-corrected chi connectivity index (χ1v) is 8.55. The molecule has 3 rings (SSSR count). The third-order valence-corrected chi connectivity index (χ3v) is 4.32. The van der Waals surface area contributed by atoms with E-state index in [0.717, 1.165) is 49.5 Å². The predicted molar refractivity (Wildman–Crippen MR) is 94.3 cm³/mol. The van der Waals surface area contributed by atoms with Crippen molar-refractivity contribution in [3.63, 3.8) is 0 Å². The van der Waals surface area contributed by atoms with Crippen LogP contribution in [0.2, 0.25) is 0 Å². The van der Waals surface area contributed by atoms with Crippen molar-refractivity contribution in [1.29, 1.82) is 0 Å². The van der Waals surface area contributed by atoms with Gasteiger partial charge in [-0.15, -0.1) is 0 Å². The van der Waals surface area contributed by atoms with Crippen LogP contribution < -0.4 is 10.5 Å². The molecule has 0 aliphatic carbocycles. The minimum Gasteiger partial charge on any atom is -0.376 e. The molecule has 2 aromatic heterocycles. The largest absolute Gasteiger partial charge is 0.376 e. The summed E-state index contributed by atoms with van der Waals surface area (Å²) in [5.41, 5.74) is 1.46. The Balaban J connectivity index is 1.72. The number of nitrogens with zero attached hydrogens (tertiary/aromatic N) is 3. The van der Waals surface area contributed by atoms with Crippen molar-refractivity contribution >= 4 is 5.82 Å². The number of anilines is 1. The fourth-order valence-electron chi connectivity index (χ4n) is 2.93. The van der Waals surface area contributed by atoms with Crippen molar-refractivity contribution in [3.8, 4) is 11.4 Å². The fourth-order valence-corrected chi connectivity index (χ4v) is 2.93. The first-order chi connectivity index (χ1) is 11.7. The van der Waals surface area contributed by atoms with Gasteiger partial charge in [-0.3, -0.25) is 4.79 Å². The average Bonchev–Trinajstić information content (AvgIpc) is 2.62. The van der Waals surface area contributed by atoms with Crippen molar-refractivity contribution in [2.75, 3.05) is 25.1 Å². The van der Waals surface area contributed by atoms with Gasteiger partial charge in [-0.2, -0.15) is 0 Å². The summed E-state index contributed by atoms with van der Waals surface area (Å²) in [6.45, 7) is 3.68. The first kappa shape index (κ1) is 16.6. The molecule has 1 unspecified atom stereocenters. The maximum absolute atomic E-state index is 11.7. The number of pyridine rings is 1. The Kier molecular flexibility index (Phi) is 5.25. The van der Waals surface area contributed by atoms with E-state index in [1.165, 1.54) is 12.5 Å². The Morgan fingerprint density at radius 1 is 1.38 bits per heavy atom. The molecular weight excluding hydrogens is 304 g/mol. The topological polar surface area (TPSA) is 71.1 Å². The van der Waals surface area contributed by atoms with Crippen LogP contribution in [0, 0.1) is 0 Å². The van der Waals surface area contributed by atoms with E-state index in [0.29, 0.717) is 5.82 Å². The number of likely N-dealkylation sites (N-methyl/N-ethyl adjacent to an activating group) is 1. The van der Waals surface area contributed by atoms with Crippen molar-refractivity contribution in [1.82, 2.24) is 15.0 Å². The lowest BCUT2D eigenvalue weighted by Gasteiger charge is -2.28. The van der Waals surface area contributed by atoms with Crippen molar-refractivity contribution in [2.24, 2.45) is 0 Å². The number of aromatic nitrogens is 3. The standard InChI is InChI=1S/C18H24N4O2/c1-3-14-10-17(23)21-18(20-14)13-7-8-16(19-11-13)22(2)12-15-6-4-5-9-24-15/h7-8,10-11,15H,3-6,9,12H2,1-2H3,(H,20,21,23). The monoisotopic (exact) mass is 328 g/mol. The summed E-state index contributed by atoms with van der Waals surface area (Å²) in [5, 5.41) is 0. The van der Waals surface area contributed by atoms with E-state index in [2.05, 4.69) is 19.9 Å². The molecule has 0 saturated carbocycles. The predicted octanol–water partition coefficient (Wildman–Crippen LogP) is 2.40. The number of ether oxygens (including phenoxy) is 1. The number of aryl methyl sites for hydroxylation is 1. The van der Waals surface area contributed by atoms with Gasteiger partial charge in [0.15, 0.2) is 0 Å². The van der Waals surface area contributed by atoms with Crippen molar-refractivity contribution in [2.45, 2.75) is 38.7 Å². The van der Waals surface area contributed by atoms with E-state index < -0.39 is 0 Å². The van der Waals surface area contributed by atoms with E-state index in [4.69, 9.17) is 4.74 Å². The molecule has 6 nitrogen and oxygen atoms in total. The first-order valence-electron chi connectivity index (χ1n) is 8.55. The van der Waals surface area contributed by atoms with Gasteiger partial charge in [-0.05, 0) is 37.8 Å². The maximum Gasteiger partial charge on any atom is 0.251 e. The molecule has 128 valence electrons. The second kappa shape index (κ2) is 7.57. The zero-order chi connectivity index (χ0) is 16.9.